The number of benzene rings is 2. The van der Waals surface area contributed by atoms with Crippen LogP contribution in [0.3, 0.4) is 0 Å². The topological polar surface area (TPSA) is 593 Å². The number of phosphoric acid groups is 1. The second kappa shape index (κ2) is 56.4. The number of nitrogens with two attached hydrogens (primary N) is 1. The van der Waals surface area contributed by atoms with Crippen LogP contribution in [0.25, 0.3) is 0 Å². The summed E-state index contributed by atoms with van der Waals surface area (Å²) in [5.41, 5.74) is 5.12. The van der Waals surface area contributed by atoms with Crippen molar-refractivity contribution in [1.29, 1.82) is 0 Å². The molecule has 5 rings (SSSR count). The fourth-order valence-corrected chi connectivity index (χ4v) is 17.5. The Morgan fingerprint density at radius 1 is 0.644 bits per heavy atom. The van der Waals surface area contributed by atoms with Crippen LogP contribution in [0.2, 0.25) is 0 Å². The lowest BCUT2D eigenvalue weighted by Crippen LogP contribution is -2.66. The Labute approximate surface area is 789 Å². The number of rotatable bonds is 62. The van der Waals surface area contributed by atoms with Gasteiger partial charge in [-0.1, -0.05) is 118 Å². The molecule has 15 N–H and O–H groups in total. The van der Waals surface area contributed by atoms with Crippen LogP contribution < -0.4 is 58.9 Å². The molecule has 3 fully saturated rings. The number of esters is 1. The number of carbonyl (C=O) groups is 15. The predicted molar refractivity (Wildman–Crippen MR) is 492 cm³/mol. The summed E-state index contributed by atoms with van der Waals surface area (Å²) in [6, 6.07) is 2.93. The van der Waals surface area contributed by atoms with Gasteiger partial charge < -0.3 is 117 Å². The average molecular weight is 1950 g/mol. The number of amides is 15. The molecule has 0 bridgehead atoms. The fraction of sp³-hybridized carbons (Fsp3) is 0.697. The summed E-state index contributed by atoms with van der Waals surface area (Å²) in [5.74, 6) is -11.9. The highest BCUT2D eigenvalue weighted by Crippen LogP contribution is 2.50. The first-order valence-electron chi connectivity index (χ1n) is 45.7. The number of methoxy groups -OCH3 is 2. The van der Waals surface area contributed by atoms with E-state index in [1.165, 1.54) is 45.4 Å². The maximum Gasteiger partial charge on any atom is 0.473 e. The molecule has 15 amide bonds. The highest BCUT2D eigenvalue weighted by Gasteiger charge is 2.52. The Bertz CT molecular complexity index is 4350. The third-order valence-electron chi connectivity index (χ3n) is 23.5. The normalized spacial score (nSPS) is 18.8. The molecule has 17 atom stereocenters. The third-order valence-corrected chi connectivity index (χ3v) is 25.3. The van der Waals surface area contributed by atoms with Gasteiger partial charge in [-0.05, 0) is 107 Å². The Kier molecular flexibility index (Phi) is 48.4. The number of urea groups is 1. The van der Waals surface area contributed by atoms with Crippen molar-refractivity contribution in [3.63, 3.8) is 0 Å². The van der Waals surface area contributed by atoms with Gasteiger partial charge in [-0.15, -0.1) is 0 Å². The van der Waals surface area contributed by atoms with Gasteiger partial charge in [0, 0.05) is 78.3 Å². The van der Waals surface area contributed by atoms with Crippen LogP contribution in [0.4, 0.5) is 10.5 Å². The number of carbonyl (C=O) groups excluding carboxylic acids is 15. The number of imide groups is 1. The van der Waals surface area contributed by atoms with Crippen LogP contribution in [-0.2, 0) is 125 Å². The van der Waals surface area contributed by atoms with Gasteiger partial charge in [-0.3, -0.25) is 85.7 Å². The lowest BCUT2D eigenvalue weighted by molar-refractivity contribution is -0.195. The minimum Gasteiger partial charge on any atom is -0.455 e. The SMILES string of the molecule is CC[C@H](C)[C@@H]([C@@H](CC(=O)N1CCC[C@H]1[C@H](OC)[C@@H](C)C(=O)N[C@H](C)[C@@H](OP(=O)(O)OCc1ccc(NC(=O)[C@H](CCCNC(N)=O)NC(=O)[C@@H](NC(=O)[C@H](CC(=O)NC2C(=O)OC2(C)C)NC(=O)CCOCCOCCOCCOCCNC(=O)[C@H](CNC(=O)CCP(=O)(O)O)N2C(=O)CC(C)C2=O)C(C)C)cc1)c1ccccc1)OC)N(C)C(=O)[C@@H](NC(=O)[C@H](C(C)C)N(C)C)C(C)C. The molecule has 0 aliphatic carbocycles. The van der Waals surface area contributed by atoms with Gasteiger partial charge in [0.2, 0.25) is 76.8 Å². The highest BCUT2D eigenvalue weighted by atomic mass is 31.2. The maximum atomic E-state index is 14.7. The molecule has 3 aliphatic heterocycles. The first-order chi connectivity index (χ1) is 63.5. The van der Waals surface area contributed by atoms with Crippen molar-refractivity contribution < 1.29 is 138 Å². The first-order valence-corrected chi connectivity index (χ1v) is 49.0. The van der Waals surface area contributed by atoms with Gasteiger partial charge in [0.05, 0.1) is 121 Å². The number of hydrogen-bond donors (Lipinski definition) is 14. The number of primary amides is 1. The second-order valence-electron chi connectivity index (χ2n) is 35.9. The van der Waals surface area contributed by atoms with Gasteiger partial charge in [0.1, 0.15) is 41.9 Å². The van der Waals surface area contributed by atoms with Crippen LogP contribution >= 0.6 is 15.4 Å². The van der Waals surface area contributed by atoms with Crippen molar-refractivity contribution >= 4 is 110 Å². The number of ether oxygens (including phenoxy) is 7. The minimum absolute atomic E-state index is 0.00674. The van der Waals surface area contributed by atoms with Gasteiger partial charge in [-0.25, -0.2) is 14.2 Å². The van der Waals surface area contributed by atoms with E-state index in [0.29, 0.717) is 36.9 Å². The standard InChI is InChI=1S/C89H145N15O29P2/c1-19-55(8)75(102(16)86(117)73(53(4)5)100-84(115)74(54(6)7)101(14)15)66(125-17)49-70(108)103-37-24-28-64(103)76(126-18)57(10)79(110)94-58(11)77(60-25-21-20-22-26-60)133-135(123,124)131-51-59-29-31-61(32-30-59)95-80(111)62(27-23-35-92-88(90)119)97-83(114)72(52(2)3)99-81(112)63(48-69(107)98-78-87(118)132-89(78,12)13)96-68(106)33-38-127-40-42-129-44-45-130-43-41-128-39-36-91-82(113)65(104-71(109)47-56(9)85(104)116)50-93-67(105)34-46-134(120,121)122/h20-22,25-26,29-32,52-58,62-66,72-78H,19,23-24,27-28,33-51H2,1-18H3,(H,91,113)(H,93,105)(H,94,110)(H,95,111)(H,96,106)(H,97,114)(H,98,107)(H,99,112)(H,100,115)(H,123,124)(H3,90,92,119)(H2,120,121,122)/t55-,56?,57+,58+,62-,63-,64-,65-,66+,72-,73-,74-,75-,76+,77+,78?/m0/s1. The molecule has 135 heavy (non-hydrogen) atoms. The summed E-state index contributed by atoms with van der Waals surface area (Å²) in [6.07, 6.45) is -3.76. The molecule has 3 saturated heterocycles. The van der Waals surface area contributed by atoms with Crippen molar-refractivity contribution in [3.8, 4) is 0 Å². The average Bonchev–Trinajstić information content (AvgIpc) is 1.58. The molecule has 44 nitrogen and oxygen atoms in total. The first kappa shape index (κ1) is 116. The Morgan fingerprint density at radius 2 is 1.25 bits per heavy atom. The van der Waals surface area contributed by atoms with E-state index in [4.69, 9.17) is 57.7 Å². The van der Waals surface area contributed by atoms with Crippen LogP contribution in [0.5, 0.6) is 0 Å². The van der Waals surface area contributed by atoms with E-state index in [1.807, 2.05) is 60.5 Å². The minimum atomic E-state index is -5.02. The molecule has 0 radical (unpaired) electrons. The molecular weight excluding hydrogens is 1810 g/mol. The van der Waals surface area contributed by atoms with Crippen molar-refractivity contribution in [2.45, 2.75) is 245 Å². The molecular formula is C89H145N15O29P2. The predicted octanol–water partition coefficient (Wildman–Crippen LogP) is 1.94. The molecule has 3 heterocycles. The van der Waals surface area contributed by atoms with Crippen molar-refractivity contribution in [3.05, 3.63) is 65.7 Å². The molecule has 46 heteroatoms. The van der Waals surface area contributed by atoms with E-state index >= 15 is 0 Å². The summed E-state index contributed by atoms with van der Waals surface area (Å²) in [4.78, 5) is 238. The second-order valence-corrected chi connectivity index (χ2v) is 39.0. The van der Waals surface area contributed by atoms with Crippen molar-refractivity contribution in [2.24, 2.45) is 41.2 Å². The zero-order valence-corrected chi connectivity index (χ0v) is 82.6. The van der Waals surface area contributed by atoms with E-state index < -0.39 is 221 Å². The number of hydrogen-bond acceptors (Lipinski definition) is 27. The number of anilines is 1. The van der Waals surface area contributed by atoms with E-state index in [0.717, 1.165) is 4.90 Å². The monoisotopic (exact) mass is 1950 g/mol. The van der Waals surface area contributed by atoms with Crippen LogP contribution in [0.1, 0.15) is 171 Å². The van der Waals surface area contributed by atoms with Gasteiger partial charge >= 0.3 is 27.4 Å². The third kappa shape index (κ3) is 37.7. The number of phosphoric ester groups is 1. The van der Waals surface area contributed by atoms with Crippen LogP contribution in [0.15, 0.2) is 54.6 Å². The zero-order valence-electron chi connectivity index (χ0n) is 80.9. The molecule has 0 saturated carbocycles. The van der Waals surface area contributed by atoms with Crippen molar-refractivity contribution in [2.75, 3.05) is 126 Å². The highest BCUT2D eigenvalue weighted by molar-refractivity contribution is 7.51. The van der Waals surface area contributed by atoms with E-state index in [1.54, 1.807) is 88.7 Å². The molecule has 2 aromatic rings. The molecule has 3 aliphatic rings. The van der Waals surface area contributed by atoms with E-state index in [9.17, 15) is 85.9 Å². The number of likely N-dealkylation sites (tertiary alicyclic amines) is 2. The number of nitrogens with one attached hydrogen (secondary N) is 10. The fourth-order valence-electron chi connectivity index (χ4n) is 16.0. The summed E-state index contributed by atoms with van der Waals surface area (Å²) in [7, 11) is -1.25. The van der Waals surface area contributed by atoms with Crippen molar-refractivity contribution in [1.82, 2.24) is 67.5 Å². The number of cyclic esters (lactones) is 1. The lowest BCUT2D eigenvalue weighted by Gasteiger charge is -2.42. The molecule has 3 unspecified atom stereocenters. The van der Waals surface area contributed by atoms with E-state index in [2.05, 4.69) is 53.2 Å². The summed E-state index contributed by atoms with van der Waals surface area (Å²) >= 11 is 0. The number of nitrogens with zero attached hydrogens (tertiary/aromatic N) is 4. The largest absolute Gasteiger partial charge is 0.473 e. The number of likely N-dealkylation sites (N-methyl/N-ethyl adjacent to an activating group) is 2. The van der Waals surface area contributed by atoms with E-state index in [-0.39, 0.29) is 139 Å². The van der Waals surface area contributed by atoms with Gasteiger partial charge in [0.15, 0.2) is 6.04 Å². The molecule has 0 spiro atoms. The lowest BCUT2D eigenvalue weighted by atomic mass is 9.89. The molecule has 760 valence electrons. The summed E-state index contributed by atoms with van der Waals surface area (Å²) in [6.45, 7) is 22.3. The summed E-state index contributed by atoms with van der Waals surface area (Å²) < 4.78 is 76.2. The Morgan fingerprint density at radius 3 is 1.79 bits per heavy atom. The Balaban J connectivity index is 1.15. The van der Waals surface area contributed by atoms with Gasteiger partial charge in [0.25, 0.3) is 0 Å². The van der Waals surface area contributed by atoms with Gasteiger partial charge in [-0.2, -0.15) is 0 Å². The summed E-state index contributed by atoms with van der Waals surface area (Å²) in [5, 5.41) is 26.3. The smallest absolute Gasteiger partial charge is 0.455 e. The Hall–Kier alpha value is -9.53. The molecule has 2 aromatic carbocycles. The zero-order chi connectivity index (χ0) is 101. The quantitative estimate of drug-likeness (QED) is 0.0195. The van der Waals surface area contributed by atoms with Crippen LogP contribution in [-0.4, -0.2) is 322 Å². The maximum absolute atomic E-state index is 14.7. The molecule has 0 aromatic heterocycles. The van der Waals surface area contributed by atoms with Crippen LogP contribution in [0, 0.1) is 35.5 Å².